The first-order valence-electron chi connectivity index (χ1n) is 11.5. The maximum atomic E-state index is 13.2. The van der Waals surface area contributed by atoms with Crippen LogP contribution in [0.3, 0.4) is 0 Å². The molecule has 186 valence electrons. The second kappa shape index (κ2) is 8.89. The van der Waals surface area contributed by atoms with Gasteiger partial charge in [-0.1, -0.05) is 18.2 Å². The first-order chi connectivity index (χ1) is 17.1. The second-order valence-corrected chi connectivity index (χ2v) is 8.87. The highest BCUT2D eigenvalue weighted by molar-refractivity contribution is 5.94. The van der Waals surface area contributed by atoms with Gasteiger partial charge in [0.2, 0.25) is 5.91 Å². The number of nitrogens with one attached hydrogen (secondary N) is 1. The summed E-state index contributed by atoms with van der Waals surface area (Å²) in [5.41, 5.74) is 2.90. The highest BCUT2D eigenvalue weighted by atomic mass is 19.4. The molecule has 0 saturated carbocycles. The molecule has 1 atom stereocenters. The number of benzene rings is 1. The van der Waals surface area contributed by atoms with Gasteiger partial charge in [-0.3, -0.25) is 9.20 Å². The molecule has 1 amide bonds. The largest absolute Gasteiger partial charge is 0.416 e. The van der Waals surface area contributed by atoms with Crippen LogP contribution in [0.2, 0.25) is 0 Å². The number of carbonyl (C=O) groups is 1. The van der Waals surface area contributed by atoms with E-state index in [2.05, 4.69) is 25.5 Å². The summed E-state index contributed by atoms with van der Waals surface area (Å²) in [7, 11) is 0. The maximum Gasteiger partial charge on any atom is 0.416 e. The summed E-state index contributed by atoms with van der Waals surface area (Å²) in [6.07, 6.45) is -0.175. The van der Waals surface area contributed by atoms with Crippen LogP contribution in [0.25, 0.3) is 22.3 Å². The number of aromatic nitrogens is 5. The number of anilines is 1. The van der Waals surface area contributed by atoms with E-state index < -0.39 is 17.8 Å². The Morgan fingerprint density at radius 2 is 1.97 bits per heavy atom. The molecular weight excluding hydrogens is 471 g/mol. The van der Waals surface area contributed by atoms with Crippen molar-refractivity contribution in [2.45, 2.75) is 39.4 Å². The van der Waals surface area contributed by atoms with Crippen molar-refractivity contribution in [1.29, 1.82) is 0 Å². The predicted molar refractivity (Wildman–Crippen MR) is 129 cm³/mol. The summed E-state index contributed by atoms with van der Waals surface area (Å²) in [6, 6.07) is 6.74. The van der Waals surface area contributed by atoms with Gasteiger partial charge < -0.3 is 10.2 Å². The number of halogens is 3. The molecule has 1 aromatic carbocycles. The molecule has 0 radical (unpaired) electrons. The van der Waals surface area contributed by atoms with Crippen molar-refractivity contribution in [3.63, 3.8) is 0 Å². The molecule has 1 aliphatic heterocycles. The van der Waals surface area contributed by atoms with E-state index in [9.17, 15) is 18.0 Å². The smallest absolute Gasteiger partial charge is 0.363 e. The Morgan fingerprint density at radius 1 is 1.17 bits per heavy atom. The zero-order valence-corrected chi connectivity index (χ0v) is 20.0. The van der Waals surface area contributed by atoms with E-state index >= 15 is 0 Å². The lowest BCUT2D eigenvalue weighted by atomic mass is 9.99. The molecule has 0 bridgehead atoms. The van der Waals surface area contributed by atoms with Crippen LogP contribution in [0.4, 0.5) is 19.0 Å². The van der Waals surface area contributed by atoms with Gasteiger partial charge >= 0.3 is 6.18 Å². The number of nitrogens with zero attached hydrogens (tertiary/aromatic N) is 6. The van der Waals surface area contributed by atoms with Crippen LogP contribution >= 0.6 is 0 Å². The molecule has 1 aliphatic rings. The van der Waals surface area contributed by atoms with Crippen LogP contribution in [0.15, 0.2) is 42.7 Å². The van der Waals surface area contributed by atoms with Gasteiger partial charge in [0.25, 0.3) is 0 Å². The molecule has 4 heterocycles. The van der Waals surface area contributed by atoms with Gasteiger partial charge in [-0.05, 0) is 49.6 Å². The molecule has 36 heavy (non-hydrogen) atoms. The van der Waals surface area contributed by atoms with Crippen LogP contribution in [-0.4, -0.2) is 48.5 Å². The number of aryl methyl sites for hydroxylation is 1. The monoisotopic (exact) mass is 495 g/mol. The van der Waals surface area contributed by atoms with E-state index in [1.807, 2.05) is 12.1 Å². The van der Waals surface area contributed by atoms with Crippen molar-refractivity contribution in [2.75, 3.05) is 18.4 Å². The lowest BCUT2D eigenvalue weighted by molar-refractivity contribution is -0.137. The minimum Gasteiger partial charge on any atom is -0.363 e. The van der Waals surface area contributed by atoms with Crippen LogP contribution in [0.1, 0.15) is 48.8 Å². The Morgan fingerprint density at radius 3 is 2.67 bits per heavy atom. The summed E-state index contributed by atoms with van der Waals surface area (Å²) in [4.78, 5) is 22.7. The van der Waals surface area contributed by atoms with Gasteiger partial charge in [-0.2, -0.15) is 13.2 Å². The Labute approximate surface area is 204 Å². The fourth-order valence-corrected chi connectivity index (χ4v) is 4.48. The second-order valence-electron chi connectivity index (χ2n) is 8.87. The zero-order chi connectivity index (χ0) is 25.6. The van der Waals surface area contributed by atoms with Crippen molar-refractivity contribution in [3.8, 4) is 0 Å². The third kappa shape index (κ3) is 4.36. The fourth-order valence-electron chi connectivity index (χ4n) is 4.48. The lowest BCUT2D eigenvalue weighted by Gasteiger charge is -2.25. The number of hydrogen-bond donors (Lipinski definition) is 1. The first-order valence-corrected chi connectivity index (χ1v) is 11.5. The van der Waals surface area contributed by atoms with E-state index in [1.165, 1.54) is 6.07 Å². The molecule has 0 unspecified atom stereocenters. The van der Waals surface area contributed by atoms with Gasteiger partial charge in [0.1, 0.15) is 18.0 Å². The summed E-state index contributed by atoms with van der Waals surface area (Å²) in [5.74, 6) is 1.02. The minimum atomic E-state index is -4.42. The number of alkyl halides is 3. The molecule has 3 aromatic heterocycles. The number of rotatable bonds is 4. The molecule has 0 aliphatic carbocycles. The van der Waals surface area contributed by atoms with E-state index in [0.717, 1.165) is 23.3 Å². The molecular formula is C25H24F3N7O. The fraction of sp³-hybridized carbons (Fsp3) is 0.320. The molecule has 11 heteroatoms. The minimum absolute atomic E-state index is 0.0235. The van der Waals surface area contributed by atoms with Gasteiger partial charge in [0.15, 0.2) is 11.3 Å². The highest BCUT2D eigenvalue weighted by Gasteiger charge is 2.31. The SMILES string of the molecule is CC(=O)N1CC=C(c2cc3c(N[C@H](C)c4cccc(C(F)(F)F)c4)nc(C)nc3n3cnnc23)CC1. The Kier molecular flexibility index (Phi) is 5.85. The van der Waals surface area contributed by atoms with E-state index in [4.69, 9.17) is 0 Å². The number of pyridine rings is 1. The third-order valence-corrected chi connectivity index (χ3v) is 6.41. The van der Waals surface area contributed by atoms with Crippen LogP contribution in [0.5, 0.6) is 0 Å². The summed E-state index contributed by atoms with van der Waals surface area (Å²) in [5, 5.41) is 12.4. The average Bonchev–Trinajstić information content (AvgIpc) is 3.34. The van der Waals surface area contributed by atoms with Crippen molar-refractivity contribution in [2.24, 2.45) is 0 Å². The van der Waals surface area contributed by atoms with E-state index in [-0.39, 0.29) is 5.91 Å². The lowest BCUT2D eigenvalue weighted by Crippen LogP contribution is -2.32. The van der Waals surface area contributed by atoms with Gasteiger partial charge in [-0.25, -0.2) is 9.97 Å². The zero-order valence-electron chi connectivity index (χ0n) is 20.0. The molecule has 0 saturated heterocycles. The van der Waals surface area contributed by atoms with Crippen molar-refractivity contribution in [1.82, 2.24) is 29.5 Å². The molecule has 0 fully saturated rings. The van der Waals surface area contributed by atoms with Crippen molar-refractivity contribution in [3.05, 3.63) is 65.2 Å². The number of carbonyl (C=O) groups excluding carboxylic acids is 1. The standard InChI is InChI=1S/C25H24F3N7O/c1-14(18-5-4-6-19(11-18)25(26,27)28)30-22-21-12-20(17-7-9-34(10-8-17)16(3)36)24-33-29-13-35(24)23(21)32-15(2)31-22/h4-7,11-14H,8-10H2,1-3H3,(H,30,31,32)/t14-/m1/s1. The topological polar surface area (TPSA) is 88.3 Å². The average molecular weight is 496 g/mol. The molecule has 1 N–H and O–H groups in total. The normalized spacial score (nSPS) is 15.3. The number of hydrogen-bond acceptors (Lipinski definition) is 6. The molecule has 0 spiro atoms. The molecule has 4 aromatic rings. The van der Waals surface area contributed by atoms with Crippen molar-refractivity contribution < 1.29 is 18.0 Å². The van der Waals surface area contributed by atoms with E-state index in [1.54, 1.807) is 42.5 Å². The van der Waals surface area contributed by atoms with Gasteiger partial charge in [0.05, 0.1) is 10.9 Å². The maximum absolute atomic E-state index is 13.2. The molecule has 5 rings (SSSR count). The first kappa shape index (κ1) is 23.7. The summed E-state index contributed by atoms with van der Waals surface area (Å²) < 4.78 is 41.5. The quantitative estimate of drug-likeness (QED) is 0.437. The summed E-state index contributed by atoms with van der Waals surface area (Å²) >= 11 is 0. The summed E-state index contributed by atoms with van der Waals surface area (Å²) in [6.45, 7) is 6.20. The van der Waals surface area contributed by atoms with Crippen LogP contribution < -0.4 is 5.32 Å². The molecule has 8 nitrogen and oxygen atoms in total. The van der Waals surface area contributed by atoms with Gasteiger partial charge in [0, 0.05) is 31.6 Å². The Balaban J connectivity index is 1.59. The third-order valence-electron chi connectivity index (χ3n) is 6.41. The van der Waals surface area contributed by atoms with Gasteiger partial charge in [-0.15, -0.1) is 10.2 Å². The Hall–Kier alpha value is -4.02. The number of fused-ring (bicyclic) bond motifs is 3. The number of amides is 1. The van der Waals surface area contributed by atoms with E-state index in [0.29, 0.717) is 53.4 Å². The Bertz CT molecular complexity index is 1510. The van der Waals surface area contributed by atoms with Crippen molar-refractivity contribution >= 4 is 34.0 Å². The van der Waals surface area contributed by atoms with Crippen LogP contribution in [0, 0.1) is 6.92 Å². The highest BCUT2D eigenvalue weighted by Crippen LogP contribution is 2.34. The predicted octanol–water partition coefficient (Wildman–Crippen LogP) is 4.81. The van der Waals surface area contributed by atoms with Crippen LogP contribution in [-0.2, 0) is 11.0 Å².